The molecular formula is C21H30Cl2O. The van der Waals surface area contributed by atoms with Crippen molar-refractivity contribution in [3.8, 4) is 0 Å². The second-order valence-electron chi connectivity index (χ2n) is 7.84. The first-order valence-electron chi connectivity index (χ1n) is 9.60. The first-order valence-corrected chi connectivity index (χ1v) is 10.4. The van der Waals surface area contributed by atoms with Crippen LogP contribution in [0.1, 0.15) is 69.8 Å². The summed E-state index contributed by atoms with van der Waals surface area (Å²) in [4.78, 5) is 0. The van der Waals surface area contributed by atoms with E-state index in [1.807, 2.05) is 13.2 Å². The maximum Gasteiger partial charge on any atom is 0.0595 e. The third-order valence-corrected chi connectivity index (χ3v) is 7.34. The van der Waals surface area contributed by atoms with Gasteiger partial charge in [-0.15, -0.1) is 0 Å². The molecule has 0 bridgehead atoms. The molecule has 0 unspecified atom stereocenters. The Bertz CT molecular complexity index is 529. The number of benzene rings is 1. The summed E-state index contributed by atoms with van der Waals surface area (Å²) in [6.45, 7) is 0.910. The van der Waals surface area contributed by atoms with Crippen LogP contribution in [0.4, 0.5) is 0 Å². The zero-order chi connectivity index (χ0) is 17.0. The minimum absolute atomic E-state index is 0.332. The molecule has 24 heavy (non-hydrogen) atoms. The molecule has 0 atom stereocenters. The number of halogens is 2. The van der Waals surface area contributed by atoms with Gasteiger partial charge in [-0.25, -0.2) is 0 Å². The highest BCUT2D eigenvalue weighted by molar-refractivity contribution is 6.42. The minimum Gasteiger partial charge on any atom is -0.385 e. The van der Waals surface area contributed by atoms with E-state index in [-0.39, 0.29) is 0 Å². The van der Waals surface area contributed by atoms with Crippen molar-refractivity contribution in [3.05, 3.63) is 33.8 Å². The zero-order valence-corrected chi connectivity index (χ0v) is 16.3. The molecule has 2 aliphatic rings. The number of hydrogen-bond acceptors (Lipinski definition) is 1. The van der Waals surface area contributed by atoms with Crippen LogP contribution >= 0.6 is 23.2 Å². The summed E-state index contributed by atoms with van der Waals surface area (Å²) in [5.41, 5.74) is 1.77. The molecule has 0 radical (unpaired) electrons. The second-order valence-corrected chi connectivity index (χ2v) is 8.66. The number of ether oxygens (including phenoxy) is 1. The quantitative estimate of drug-likeness (QED) is 0.541. The van der Waals surface area contributed by atoms with Gasteiger partial charge < -0.3 is 4.74 Å². The van der Waals surface area contributed by atoms with Gasteiger partial charge in [-0.3, -0.25) is 0 Å². The fourth-order valence-corrected chi connectivity index (χ4v) is 5.51. The van der Waals surface area contributed by atoms with E-state index in [2.05, 4.69) is 12.1 Å². The topological polar surface area (TPSA) is 9.23 Å². The molecule has 134 valence electrons. The van der Waals surface area contributed by atoms with Crippen LogP contribution in [-0.2, 0) is 10.2 Å². The smallest absolute Gasteiger partial charge is 0.0595 e. The number of hydrogen-bond donors (Lipinski definition) is 0. The molecule has 1 aromatic carbocycles. The van der Waals surface area contributed by atoms with Gasteiger partial charge in [-0.2, -0.15) is 0 Å². The first-order chi connectivity index (χ1) is 11.7. The molecule has 0 saturated heterocycles. The molecule has 1 aromatic rings. The van der Waals surface area contributed by atoms with Crippen molar-refractivity contribution in [2.45, 2.75) is 69.6 Å². The molecule has 3 rings (SSSR count). The SMILES string of the molecule is COCCC1CCC(C2(c3ccc(Cl)c(Cl)c3)CCCCC2)CC1. The molecule has 0 spiro atoms. The van der Waals surface area contributed by atoms with Gasteiger partial charge in [-0.05, 0) is 67.1 Å². The molecule has 0 aromatic heterocycles. The monoisotopic (exact) mass is 368 g/mol. The minimum atomic E-state index is 0.332. The molecule has 2 aliphatic carbocycles. The lowest BCUT2D eigenvalue weighted by Gasteiger charge is -2.47. The standard InChI is InChI=1S/C21H30Cl2O/c1-24-14-11-16-5-7-17(8-6-16)21(12-3-2-4-13-21)18-9-10-19(22)20(23)15-18/h9-10,15-17H,2-8,11-14H2,1H3. The van der Waals surface area contributed by atoms with Crippen LogP contribution in [0.15, 0.2) is 18.2 Å². The molecule has 1 nitrogen and oxygen atoms in total. The van der Waals surface area contributed by atoms with Gasteiger partial charge in [0.25, 0.3) is 0 Å². The Morgan fingerprint density at radius 3 is 2.33 bits per heavy atom. The number of rotatable bonds is 5. The molecule has 0 amide bonds. The Labute approximate surface area is 157 Å². The maximum atomic E-state index is 6.37. The van der Waals surface area contributed by atoms with Crippen LogP contribution in [0.3, 0.4) is 0 Å². The van der Waals surface area contributed by atoms with Crippen LogP contribution in [-0.4, -0.2) is 13.7 Å². The normalized spacial score (nSPS) is 27.1. The fraction of sp³-hybridized carbons (Fsp3) is 0.714. The summed E-state index contributed by atoms with van der Waals surface area (Å²) in [6.07, 6.45) is 13.4. The first kappa shape index (κ1) is 18.5. The summed E-state index contributed by atoms with van der Waals surface area (Å²) in [5, 5.41) is 1.39. The van der Waals surface area contributed by atoms with E-state index in [4.69, 9.17) is 27.9 Å². The Kier molecular flexibility index (Phi) is 6.51. The van der Waals surface area contributed by atoms with Crippen molar-refractivity contribution in [1.29, 1.82) is 0 Å². The Hall–Kier alpha value is -0.240. The largest absolute Gasteiger partial charge is 0.385 e. The van der Waals surface area contributed by atoms with Crippen molar-refractivity contribution in [2.75, 3.05) is 13.7 Å². The van der Waals surface area contributed by atoms with Crippen molar-refractivity contribution in [2.24, 2.45) is 11.8 Å². The van der Waals surface area contributed by atoms with Crippen molar-refractivity contribution in [3.63, 3.8) is 0 Å². The predicted octanol–water partition coefficient (Wildman–Crippen LogP) is 7.04. The fourth-order valence-electron chi connectivity index (χ4n) is 5.21. The summed E-state index contributed by atoms with van der Waals surface area (Å²) in [6, 6.07) is 6.41. The van der Waals surface area contributed by atoms with Gasteiger partial charge >= 0.3 is 0 Å². The zero-order valence-electron chi connectivity index (χ0n) is 14.8. The van der Waals surface area contributed by atoms with Gasteiger partial charge in [0.05, 0.1) is 10.0 Å². The highest BCUT2D eigenvalue weighted by Gasteiger charge is 2.42. The molecule has 0 N–H and O–H groups in total. The molecular weight excluding hydrogens is 339 g/mol. The summed E-state index contributed by atoms with van der Waals surface area (Å²) >= 11 is 12.5. The Morgan fingerprint density at radius 2 is 1.71 bits per heavy atom. The molecule has 2 fully saturated rings. The lowest BCUT2D eigenvalue weighted by atomic mass is 9.57. The van der Waals surface area contributed by atoms with E-state index in [1.165, 1.54) is 69.8 Å². The van der Waals surface area contributed by atoms with Crippen molar-refractivity contribution < 1.29 is 4.74 Å². The van der Waals surface area contributed by atoms with Crippen LogP contribution in [0, 0.1) is 11.8 Å². The predicted molar refractivity (Wildman–Crippen MR) is 103 cm³/mol. The summed E-state index contributed by atoms with van der Waals surface area (Å²) in [7, 11) is 1.81. The molecule has 3 heteroatoms. The lowest BCUT2D eigenvalue weighted by Crippen LogP contribution is -2.39. The van der Waals surface area contributed by atoms with Gasteiger partial charge in [-0.1, -0.05) is 61.4 Å². The average Bonchev–Trinajstić information content (AvgIpc) is 2.63. The van der Waals surface area contributed by atoms with Crippen molar-refractivity contribution >= 4 is 23.2 Å². The highest BCUT2D eigenvalue weighted by Crippen LogP contribution is 2.51. The number of methoxy groups -OCH3 is 1. The van der Waals surface area contributed by atoms with Crippen LogP contribution in [0.5, 0.6) is 0 Å². The van der Waals surface area contributed by atoms with Crippen LogP contribution in [0.25, 0.3) is 0 Å². The van der Waals surface area contributed by atoms with Gasteiger partial charge in [0.15, 0.2) is 0 Å². The van der Waals surface area contributed by atoms with Gasteiger partial charge in [0, 0.05) is 13.7 Å². The lowest BCUT2D eigenvalue weighted by molar-refractivity contribution is 0.109. The molecule has 0 heterocycles. The van der Waals surface area contributed by atoms with Crippen LogP contribution in [0.2, 0.25) is 10.0 Å². The van der Waals surface area contributed by atoms with E-state index in [0.717, 1.165) is 18.4 Å². The molecule has 2 saturated carbocycles. The second kappa shape index (κ2) is 8.43. The van der Waals surface area contributed by atoms with Gasteiger partial charge in [0.2, 0.25) is 0 Å². The maximum absolute atomic E-state index is 6.37. The van der Waals surface area contributed by atoms with E-state index in [0.29, 0.717) is 15.5 Å². The van der Waals surface area contributed by atoms with E-state index >= 15 is 0 Å². The van der Waals surface area contributed by atoms with E-state index < -0.39 is 0 Å². The third kappa shape index (κ3) is 3.94. The highest BCUT2D eigenvalue weighted by atomic mass is 35.5. The Balaban J connectivity index is 1.78. The van der Waals surface area contributed by atoms with Crippen molar-refractivity contribution in [1.82, 2.24) is 0 Å². The van der Waals surface area contributed by atoms with E-state index in [9.17, 15) is 0 Å². The molecule has 0 aliphatic heterocycles. The third-order valence-electron chi connectivity index (χ3n) is 6.60. The van der Waals surface area contributed by atoms with Crippen LogP contribution < -0.4 is 0 Å². The van der Waals surface area contributed by atoms with E-state index in [1.54, 1.807) is 0 Å². The summed E-state index contributed by atoms with van der Waals surface area (Å²) in [5.74, 6) is 1.66. The Morgan fingerprint density at radius 1 is 1.00 bits per heavy atom. The van der Waals surface area contributed by atoms with Gasteiger partial charge in [0.1, 0.15) is 0 Å². The summed E-state index contributed by atoms with van der Waals surface area (Å²) < 4.78 is 5.27. The average molecular weight is 369 g/mol.